The average Bonchev–Trinajstić information content (AvgIpc) is 2.61. The zero-order chi connectivity index (χ0) is 10.0. The van der Waals surface area contributed by atoms with Crippen molar-refractivity contribution in [2.45, 2.75) is 35.0 Å². The van der Waals surface area contributed by atoms with Gasteiger partial charge in [0.25, 0.3) is 0 Å². The Kier molecular flexibility index (Phi) is 3.27. The molecule has 2 rings (SSSR count). The Hall–Kier alpha value is 0.1000. The van der Waals surface area contributed by atoms with E-state index in [-0.39, 0.29) is 11.8 Å². The second kappa shape index (κ2) is 4.31. The maximum Gasteiger partial charge on any atom is 0.170 e. The highest BCUT2D eigenvalue weighted by Gasteiger charge is 2.44. The molecule has 0 amide bonds. The molecule has 1 saturated heterocycles. The molecule has 0 bridgehead atoms. The van der Waals surface area contributed by atoms with Crippen LogP contribution in [-0.2, 0) is 9.47 Å². The van der Waals surface area contributed by atoms with Gasteiger partial charge in [-0.15, -0.1) is 0 Å². The van der Waals surface area contributed by atoms with E-state index in [1.54, 1.807) is 0 Å². The van der Waals surface area contributed by atoms with Crippen molar-refractivity contribution in [2.75, 3.05) is 13.2 Å². The van der Waals surface area contributed by atoms with Crippen molar-refractivity contribution >= 4 is 28.5 Å². The van der Waals surface area contributed by atoms with Gasteiger partial charge in [0.05, 0.1) is 19.3 Å². The molecule has 1 heterocycles. The predicted octanol–water partition coefficient (Wildman–Crippen LogP) is 1.94. The van der Waals surface area contributed by atoms with Crippen molar-refractivity contribution in [3.8, 4) is 0 Å². The highest BCUT2D eigenvalue weighted by Crippen LogP contribution is 2.39. The SMILES string of the molecule is C=C=NC1CC2(CCC1I)OCCO2. The Morgan fingerprint density at radius 1 is 1.43 bits per heavy atom. The Labute approximate surface area is 97.7 Å². The maximum absolute atomic E-state index is 5.67. The zero-order valence-electron chi connectivity index (χ0n) is 8.04. The molecule has 2 unspecified atom stereocenters. The molecule has 2 aliphatic rings. The fraction of sp³-hybridized carbons (Fsp3) is 0.800. The van der Waals surface area contributed by atoms with E-state index < -0.39 is 0 Å². The smallest absolute Gasteiger partial charge is 0.170 e. The second-order valence-electron chi connectivity index (χ2n) is 3.72. The largest absolute Gasteiger partial charge is 0.347 e. The molecule has 78 valence electrons. The van der Waals surface area contributed by atoms with Crippen LogP contribution in [0, 0.1) is 0 Å². The Morgan fingerprint density at radius 3 is 2.79 bits per heavy atom. The summed E-state index contributed by atoms with van der Waals surface area (Å²) in [4.78, 5) is 4.25. The summed E-state index contributed by atoms with van der Waals surface area (Å²) in [7, 11) is 0. The zero-order valence-corrected chi connectivity index (χ0v) is 10.2. The van der Waals surface area contributed by atoms with Gasteiger partial charge in [0.15, 0.2) is 5.79 Å². The number of nitrogens with zero attached hydrogens (tertiary/aromatic N) is 1. The van der Waals surface area contributed by atoms with Crippen molar-refractivity contribution in [3.05, 3.63) is 6.58 Å². The molecule has 0 radical (unpaired) electrons. The van der Waals surface area contributed by atoms with Gasteiger partial charge in [-0.25, -0.2) is 4.99 Å². The summed E-state index contributed by atoms with van der Waals surface area (Å²) in [5, 5.41) is 0. The lowest BCUT2D eigenvalue weighted by Gasteiger charge is -2.36. The third kappa shape index (κ3) is 2.03. The average molecular weight is 307 g/mol. The molecule has 3 nitrogen and oxygen atoms in total. The van der Waals surface area contributed by atoms with Gasteiger partial charge >= 0.3 is 0 Å². The van der Waals surface area contributed by atoms with E-state index in [9.17, 15) is 0 Å². The van der Waals surface area contributed by atoms with Crippen molar-refractivity contribution < 1.29 is 9.47 Å². The molecule has 1 aliphatic heterocycles. The summed E-state index contributed by atoms with van der Waals surface area (Å²) in [6.45, 7) is 4.97. The summed E-state index contributed by atoms with van der Waals surface area (Å²) in [6.07, 6.45) is 2.93. The third-order valence-electron chi connectivity index (χ3n) is 2.81. The standard InChI is InChI=1S/C10H14INO2/c1-2-12-9-7-10(4-3-8(9)11)13-5-6-14-10/h8-9H,1,3-7H2. The van der Waals surface area contributed by atoms with E-state index in [1.807, 2.05) is 0 Å². The Balaban J connectivity index is 2.07. The summed E-state index contributed by atoms with van der Waals surface area (Å²) in [6, 6.07) is 0.250. The van der Waals surface area contributed by atoms with E-state index in [1.165, 1.54) is 0 Å². The first-order valence-corrected chi connectivity index (χ1v) is 6.14. The lowest BCUT2D eigenvalue weighted by Crippen LogP contribution is -2.42. The summed E-state index contributed by atoms with van der Waals surface area (Å²) in [5.41, 5.74) is 0. The van der Waals surface area contributed by atoms with Gasteiger partial charge in [-0.1, -0.05) is 22.6 Å². The number of aliphatic imine (C=N–C) groups is 1. The Bertz CT molecular complexity index is 257. The van der Waals surface area contributed by atoms with Crippen LogP contribution in [0.3, 0.4) is 0 Å². The van der Waals surface area contributed by atoms with Crippen LogP contribution in [0.4, 0.5) is 0 Å². The topological polar surface area (TPSA) is 30.8 Å². The van der Waals surface area contributed by atoms with Gasteiger partial charge in [-0.05, 0) is 18.9 Å². The molecule has 1 spiro atoms. The van der Waals surface area contributed by atoms with Crippen molar-refractivity contribution in [3.63, 3.8) is 0 Å². The lowest BCUT2D eigenvalue weighted by atomic mass is 9.90. The summed E-state index contributed by atoms with van der Waals surface area (Å²) >= 11 is 2.44. The van der Waals surface area contributed by atoms with Crippen LogP contribution in [0.5, 0.6) is 0 Å². The normalized spacial score (nSPS) is 35.5. The number of alkyl halides is 1. The quantitative estimate of drug-likeness (QED) is 0.421. The van der Waals surface area contributed by atoms with E-state index in [2.05, 4.69) is 40.0 Å². The monoisotopic (exact) mass is 307 g/mol. The molecule has 4 heteroatoms. The van der Waals surface area contributed by atoms with E-state index in [0.717, 1.165) is 32.5 Å². The van der Waals surface area contributed by atoms with Crippen LogP contribution in [0.2, 0.25) is 0 Å². The Morgan fingerprint density at radius 2 is 2.14 bits per heavy atom. The molecule has 0 aromatic carbocycles. The highest BCUT2D eigenvalue weighted by atomic mass is 127. The number of ether oxygens (including phenoxy) is 2. The van der Waals surface area contributed by atoms with Crippen molar-refractivity contribution in [1.29, 1.82) is 0 Å². The molecule has 0 N–H and O–H groups in total. The molecule has 1 aliphatic carbocycles. The van der Waals surface area contributed by atoms with Gasteiger partial charge in [-0.2, -0.15) is 0 Å². The highest BCUT2D eigenvalue weighted by molar-refractivity contribution is 14.1. The third-order valence-corrected chi connectivity index (χ3v) is 4.26. The van der Waals surface area contributed by atoms with Gasteiger partial charge in [0, 0.05) is 16.8 Å². The van der Waals surface area contributed by atoms with Crippen LogP contribution in [0.15, 0.2) is 11.6 Å². The number of hydrogen-bond acceptors (Lipinski definition) is 3. The molecule has 2 atom stereocenters. The fourth-order valence-electron chi connectivity index (χ4n) is 2.10. The van der Waals surface area contributed by atoms with Crippen LogP contribution in [0.1, 0.15) is 19.3 Å². The lowest BCUT2D eigenvalue weighted by molar-refractivity contribution is -0.178. The fourth-order valence-corrected chi connectivity index (χ4v) is 2.83. The molecule has 14 heavy (non-hydrogen) atoms. The summed E-state index contributed by atoms with van der Waals surface area (Å²) < 4.78 is 11.9. The summed E-state index contributed by atoms with van der Waals surface area (Å²) in [5.74, 6) is 2.29. The minimum Gasteiger partial charge on any atom is -0.347 e. The van der Waals surface area contributed by atoms with Gasteiger partial charge in [0.2, 0.25) is 0 Å². The van der Waals surface area contributed by atoms with Gasteiger partial charge in [0.1, 0.15) is 0 Å². The predicted molar refractivity (Wildman–Crippen MR) is 63.1 cm³/mol. The molecule has 1 saturated carbocycles. The molecule has 0 aromatic heterocycles. The minimum absolute atomic E-state index is 0.250. The number of rotatable bonds is 1. The first kappa shape index (κ1) is 10.6. The van der Waals surface area contributed by atoms with Gasteiger partial charge < -0.3 is 9.47 Å². The first-order valence-electron chi connectivity index (χ1n) is 4.90. The van der Waals surface area contributed by atoms with Crippen molar-refractivity contribution in [1.82, 2.24) is 0 Å². The molecule has 2 fully saturated rings. The number of halogens is 1. The maximum atomic E-state index is 5.67. The second-order valence-corrected chi connectivity index (χ2v) is 5.32. The van der Waals surface area contributed by atoms with Crippen LogP contribution >= 0.6 is 22.6 Å². The molecule has 0 aromatic rings. The minimum atomic E-state index is -0.341. The van der Waals surface area contributed by atoms with E-state index in [4.69, 9.17) is 9.47 Å². The number of hydrogen-bond donors (Lipinski definition) is 0. The van der Waals surface area contributed by atoms with Crippen LogP contribution < -0.4 is 0 Å². The van der Waals surface area contributed by atoms with Crippen LogP contribution in [-0.4, -0.2) is 34.8 Å². The van der Waals surface area contributed by atoms with E-state index in [0.29, 0.717) is 3.92 Å². The molecular weight excluding hydrogens is 293 g/mol. The molecular formula is C10H14INO2. The van der Waals surface area contributed by atoms with Crippen molar-refractivity contribution in [2.24, 2.45) is 4.99 Å². The first-order chi connectivity index (χ1) is 6.76. The van der Waals surface area contributed by atoms with Crippen LogP contribution in [0.25, 0.3) is 0 Å². The van der Waals surface area contributed by atoms with Gasteiger partial charge in [-0.3, -0.25) is 0 Å². The van der Waals surface area contributed by atoms with E-state index >= 15 is 0 Å².